The molecular weight excluding hydrogens is 306 g/mol. The van der Waals surface area contributed by atoms with E-state index < -0.39 is 0 Å². The number of hydrogen-bond donors (Lipinski definition) is 1. The van der Waals surface area contributed by atoms with Crippen molar-refractivity contribution in [1.29, 1.82) is 0 Å². The summed E-state index contributed by atoms with van der Waals surface area (Å²) < 4.78 is 7.29. The van der Waals surface area contributed by atoms with Crippen molar-refractivity contribution in [3.8, 4) is 5.88 Å². The molecule has 0 aromatic carbocycles. The van der Waals surface area contributed by atoms with Crippen molar-refractivity contribution in [2.75, 3.05) is 25.5 Å². The van der Waals surface area contributed by atoms with E-state index in [1.54, 1.807) is 36.3 Å². The molecular formula is C17H23N5O2. The summed E-state index contributed by atoms with van der Waals surface area (Å²) >= 11 is 0. The van der Waals surface area contributed by atoms with Gasteiger partial charge in [-0.3, -0.25) is 14.7 Å². The number of amides is 1. The Hall–Kier alpha value is -2.41. The molecule has 0 bridgehead atoms. The maximum absolute atomic E-state index is 12.4. The van der Waals surface area contributed by atoms with E-state index in [1.165, 1.54) is 0 Å². The number of rotatable bonds is 5. The first-order chi connectivity index (χ1) is 11.6. The maximum Gasteiger partial charge on any atom is 0.238 e. The van der Waals surface area contributed by atoms with Gasteiger partial charge in [-0.05, 0) is 38.4 Å². The molecule has 0 unspecified atom stereocenters. The number of pyridine rings is 1. The summed E-state index contributed by atoms with van der Waals surface area (Å²) in [6, 6.07) is 3.73. The minimum absolute atomic E-state index is 0.0198. The molecule has 0 saturated carbocycles. The van der Waals surface area contributed by atoms with Crippen LogP contribution in [0.3, 0.4) is 0 Å². The monoisotopic (exact) mass is 329 g/mol. The quantitative estimate of drug-likeness (QED) is 0.907. The van der Waals surface area contributed by atoms with E-state index in [-0.39, 0.29) is 11.9 Å². The Morgan fingerprint density at radius 2 is 2.17 bits per heavy atom. The number of anilines is 1. The third kappa shape index (κ3) is 3.26. The molecule has 1 saturated heterocycles. The number of nitrogens with zero attached hydrogens (tertiary/aromatic N) is 4. The van der Waals surface area contributed by atoms with Gasteiger partial charge in [0.2, 0.25) is 11.8 Å². The highest BCUT2D eigenvalue weighted by Crippen LogP contribution is 2.38. The summed E-state index contributed by atoms with van der Waals surface area (Å²) in [6.45, 7) is 3.24. The Bertz CT molecular complexity index is 713. The lowest BCUT2D eigenvalue weighted by Gasteiger charge is -2.24. The molecule has 1 aliphatic rings. The van der Waals surface area contributed by atoms with E-state index in [4.69, 9.17) is 4.74 Å². The topological polar surface area (TPSA) is 72.3 Å². The van der Waals surface area contributed by atoms with Crippen molar-refractivity contribution >= 4 is 11.6 Å². The molecule has 1 N–H and O–H groups in total. The molecule has 128 valence electrons. The van der Waals surface area contributed by atoms with Crippen LogP contribution in [0.4, 0.5) is 5.69 Å². The number of methoxy groups -OCH3 is 1. The largest absolute Gasteiger partial charge is 0.481 e. The van der Waals surface area contributed by atoms with Gasteiger partial charge in [-0.2, -0.15) is 5.10 Å². The number of likely N-dealkylation sites (tertiary alicyclic amines) is 1. The first kappa shape index (κ1) is 16.4. The second kappa shape index (κ2) is 7.00. The van der Waals surface area contributed by atoms with Gasteiger partial charge in [0.1, 0.15) is 0 Å². The molecule has 7 heteroatoms. The molecule has 0 radical (unpaired) electrons. The second-order valence-electron chi connectivity index (χ2n) is 6.04. The number of hydrogen-bond acceptors (Lipinski definition) is 5. The normalized spacial score (nSPS) is 17.9. The fourth-order valence-electron chi connectivity index (χ4n) is 3.44. The van der Waals surface area contributed by atoms with Gasteiger partial charge in [0.15, 0.2) is 0 Å². The number of aromatic nitrogens is 3. The molecule has 3 rings (SSSR count). The molecule has 24 heavy (non-hydrogen) atoms. The van der Waals surface area contributed by atoms with Gasteiger partial charge in [0.05, 0.1) is 24.9 Å². The smallest absolute Gasteiger partial charge is 0.238 e. The van der Waals surface area contributed by atoms with Gasteiger partial charge in [-0.1, -0.05) is 0 Å². The number of carbonyl (C=O) groups is 1. The van der Waals surface area contributed by atoms with Gasteiger partial charge in [0.25, 0.3) is 0 Å². The van der Waals surface area contributed by atoms with Crippen LogP contribution in [0.1, 0.15) is 30.1 Å². The predicted molar refractivity (Wildman–Crippen MR) is 90.9 cm³/mol. The fraction of sp³-hybridized carbons (Fsp3) is 0.471. The van der Waals surface area contributed by atoms with Crippen LogP contribution < -0.4 is 10.1 Å². The molecule has 0 spiro atoms. The van der Waals surface area contributed by atoms with Crippen molar-refractivity contribution in [3.05, 3.63) is 35.8 Å². The highest BCUT2D eigenvalue weighted by molar-refractivity contribution is 5.92. The summed E-state index contributed by atoms with van der Waals surface area (Å²) in [6.07, 6.45) is 5.40. The average molecular weight is 329 g/mol. The minimum Gasteiger partial charge on any atom is -0.481 e. The van der Waals surface area contributed by atoms with E-state index >= 15 is 0 Å². The van der Waals surface area contributed by atoms with Crippen LogP contribution in [0.5, 0.6) is 5.88 Å². The predicted octanol–water partition coefficient (Wildman–Crippen LogP) is 1.91. The third-order valence-corrected chi connectivity index (χ3v) is 4.42. The SMILES string of the molecule is COc1c([C@@H]2CCCN2CC(=O)Nc2ccncc2)c(C)nn1C. The molecule has 3 heterocycles. The highest BCUT2D eigenvalue weighted by atomic mass is 16.5. The first-order valence-corrected chi connectivity index (χ1v) is 8.11. The van der Waals surface area contributed by atoms with Crippen molar-refractivity contribution in [2.45, 2.75) is 25.8 Å². The summed E-state index contributed by atoms with van der Waals surface area (Å²) in [5.41, 5.74) is 2.82. The zero-order chi connectivity index (χ0) is 17.1. The number of aryl methyl sites for hydroxylation is 2. The van der Waals surface area contributed by atoms with Gasteiger partial charge < -0.3 is 10.1 Å². The molecule has 1 atom stereocenters. The number of nitrogens with one attached hydrogen (secondary N) is 1. The Balaban J connectivity index is 1.73. The summed E-state index contributed by atoms with van der Waals surface area (Å²) in [4.78, 5) is 18.5. The van der Waals surface area contributed by atoms with Crippen LogP contribution in [0.2, 0.25) is 0 Å². The van der Waals surface area contributed by atoms with Gasteiger partial charge in [0, 0.05) is 31.2 Å². The molecule has 7 nitrogen and oxygen atoms in total. The Morgan fingerprint density at radius 1 is 1.42 bits per heavy atom. The molecule has 0 aliphatic carbocycles. The van der Waals surface area contributed by atoms with E-state index in [2.05, 4.69) is 20.3 Å². The van der Waals surface area contributed by atoms with E-state index in [0.717, 1.165) is 42.2 Å². The Morgan fingerprint density at radius 3 is 2.88 bits per heavy atom. The van der Waals surface area contributed by atoms with E-state index in [9.17, 15) is 4.79 Å². The van der Waals surface area contributed by atoms with Gasteiger partial charge in [-0.25, -0.2) is 4.68 Å². The third-order valence-electron chi connectivity index (χ3n) is 4.42. The lowest BCUT2D eigenvalue weighted by Crippen LogP contribution is -2.33. The summed E-state index contributed by atoms with van der Waals surface area (Å²) in [5.74, 6) is 0.757. The van der Waals surface area contributed by atoms with Crippen LogP contribution in [0.15, 0.2) is 24.5 Å². The molecule has 1 amide bonds. The van der Waals surface area contributed by atoms with E-state index in [1.807, 2.05) is 14.0 Å². The highest BCUT2D eigenvalue weighted by Gasteiger charge is 2.33. The van der Waals surface area contributed by atoms with Crippen LogP contribution in [-0.2, 0) is 11.8 Å². The lowest BCUT2D eigenvalue weighted by molar-refractivity contribution is -0.117. The van der Waals surface area contributed by atoms with Gasteiger partial charge >= 0.3 is 0 Å². The molecule has 1 fully saturated rings. The Labute approximate surface area is 141 Å². The summed E-state index contributed by atoms with van der Waals surface area (Å²) in [7, 11) is 3.54. The van der Waals surface area contributed by atoms with Crippen LogP contribution in [-0.4, -0.2) is 45.8 Å². The molecule has 2 aromatic rings. The van der Waals surface area contributed by atoms with Crippen LogP contribution in [0, 0.1) is 6.92 Å². The molecule has 2 aromatic heterocycles. The zero-order valence-electron chi connectivity index (χ0n) is 14.3. The van der Waals surface area contributed by atoms with E-state index in [0.29, 0.717) is 6.54 Å². The van der Waals surface area contributed by atoms with Crippen molar-refractivity contribution in [3.63, 3.8) is 0 Å². The standard InChI is InChI=1S/C17H23N5O2/c1-12-16(17(24-3)21(2)20-12)14-5-4-10-22(14)11-15(23)19-13-6-8-18-9-7-13/h6-9,14H,4-5,10-11H2,1-3H3,(H,18,19,23)/t14-/m0/s1. The van der Waals surface area contributed by atoms with Crippen molar-refractivity contribution in [2.24, 2.45) is 7.05 Å². The number of carbonyl (C=O) groups excluding carboxylic acids is 1. The second-order valence-corrected chi connectivity index (χ2v) is 6.04. The van der Waals surface area contributed by atoms with Crippen LogP contribution in [0.25, 0.3) is 0 Å². The molecule has 1 aliphatic heterocycles. The summed E-state index contributed by atoms with van der Waals surface area (Å²) in [5, 5.41) is 7.38. The zero-order valence-corrected chi connectivity index (χ0v) is 14.3. The Kier molecular flexibility index (Phi) is 4.80. The lowest BCUT2D eigenvalue weighted by atomic mass is 10.1. The fourth-order valence-corrected chi connectivity index (χ4v) is 3.44. The maximum atomic E-state index is 12.4. The average Bonchev–Trinajstić information content (AvgIpc) is 3.11. The first-order valence-electron chi connectivity index (χ1n) is 8.11. The van der Waals surface area contributed by atoms with Gasteiger partial charge in [-0.15, -0.1) is 0 Å². The van der Waals surface area contributed by atoms with Crippen LogP contribution >= 0.6 is 0 Å². The number of ether oxygens (including phenoxy) is 1. The minimum atomic E-state index is -0.0198. The van der Waals surface area contributed by atoms with Crippen molar-refractivity contribution in [1.82, 2.24) is 19.7 Å². The van der Waals surface area contributed by atoms with Crippen molar-refractivity contribution < 1.29 is 9.53 Å².